The lowest BCUT2D eigenvalue weighted by atomic mass is 10.3. The maximum atomic E-state index is 5.54. The average molecular weight is 201 g/mol. The Kier molecular flexibility index (Phi) is 2.49. The van der Waals surface area contributed by atoms with E-state index in [4.69, 9.17) is 10.5 Å². The minimum Gasteiger partial charge on any atom is -0.437 e. The number of aryl methyl sites for hydroxylation is 1. The molecule has 0 bridgehead atoms. The Labute approximate surface area is 87.7 Å². The van der Waals surface area contributed by atoms with Gasteiger partial charge < -0.3 is 10.5 Å². The van der Waals surface area contributed by atoms with E-state index in [9.17, 15) is 0 Å². The van der Waals surface area contributed by atoms with Crippen molar-refractivity contribution in [1.29, 1.82) is 0 Å². The number of hydrogen-bond donors (Lipinski definition) is 1. The monoisotopic (exact) mass is 201 g/mol. The second-order valence-electron chi connectivity index (χ2n) is 3.20. The van der Waals surface area contributed by atoms with E-state index in [1.165, 1.54) is 0 Å². The van der Waals surface area contributed by atoms with Gasteiger partial charge in [0.1, 0.15) is 11.6 Å². The fourth-order valence-corrected chi connectivity index (χ4v) is 1.19. The Hall–Kier alpha value is -2.10. The fraction of sp³-hybridized carbons (Fsp3) is 0.0909. The lowest BCUT2D eigenvalue weighted by molar-refractivity contribution is 0.461. The average Bonchev–Trinajstić information content (AvgIpc) is 2.17. The molecular weight excluding hydrogens is 190 g/mol. The summed E-state index contributed by atoms with van der Waals surface area (Å²) >= 11 is 0. The van der Waals surface area contributed by atoms with E-state index >= 15 is 0 Å². The van der Waals surface area contributed by atoms with Gasteiger partial charge in [-0.3, -0.25) is 4.98 Å². The van der Waals surface area contributed by atoms with Gasteiger partial charge in [-0.2, -0.15) is 4.98 Å². The first-order valence-corrected chi connectivity index (χ1v) is 4.56. The standard InChI is InChI=1S/C11H11N3O/c1-8-5-9(7-13-6-8)15-11-4-2-3-10(12)14-11/h2-7H,1H3,(H2,12,14). The Balaban J connectivity index is 2.22. The second-order valence-corrected chi connectivity index (χ2v) is 3.20. The van der Waals surface area contributed by atoms with Gasteiger partial charge >= 0.3 is 0 Å². The summed E-state index contributed by atoms with van der Waals surface area (Å²) in [5.74, 6) is 1.57. The minimum absolute atomic E-state index is 0.438. The van der Waals surface area contributed by atoms with Crippen LogP contribution in [0.25, 0.3) is 0 Å². The first-order chi connectivity index (χ1) is 7.24. The first-order valence-electron chi connectivity index (χ1n) is 4.56. The van der Waals surface area contributed by atoms with Crippen LogP contribution in [0.2, 0.25) is 0 Å². The zero-order valence-corrected chi connectivity index (χ0v) is 8.34. The molecule has 0 atom stereocenters. The Morgan fingerprint density at radius 3 is 2.87 bits per heavy atom. The highest BCUT2D eigenvalue weighted by molar-refractivity contribution is 5.34. The Morgan fingerprint density at radius 1 is 1.27 bits per heavy atom. The number of nitrogens with two attached hydrogens (primary N) is 1. The molecule has 2 heterocycles. The van der Waals surface area contributed by atoms with Crippen molar-refractivity contribution >= 4 is 5.82 Å². The van der Waals surface area contributed by atoms with Crippen molar-refractivity contribution < 1.29 is 4.74 Å². The van der Waals surface area contributed by atoms with Crippen LogP contribution in [0.3, 0.4) is 0 Å². The molecule has 0 aliphatic rings. The molecule has 0 spiro atoms. The molecule has 2 N–H and O–H groups in total. The van der Waals surface area contributed by atoms with Gasteiger partial charge in [-0.1, -0.05) is 6.07 Å². The predicted molar refractivity (Wildman–Crippen MR) is 57.7 cm³/mol. The van der Waals surface area contributed by atoms with E-state index in [2.05, 4.69) is 9.97 Å². The molecule has 0 aliphatic carbocycles. The number of aromatic nitrogens is 2. The molecule has 0 saturated carbocycles. The van der Waals surface area contributed by atoms with Crippen molar-refractivity contribution in [2.24, 2.45) is 0 Å². The van der Waals surface area contributed by atoms with Gasteiger partial charge in [0.25, 0.3) is 0 Å². The number of nitrogen functional groups attached to an aromatic ring is 1. The van der Waals surface area contributed by atoms with Gasteiger partial charge in [0.2, 0.25) is 5.88 Å². The molecule has 0 fully saturated rings. The third kappa shape index (κ3) is 2.43. The maximum Gasteiger partial charge on any atom is 0.221 e. The number of nitrogens with zero attached hydrogens (tertiary/aromatic N) is 2. The van der Waals surface area contributed by atoms with Crippen molar-refractivity contribution in [3.63, 3.8) is 0 Å². The van der Waals surface area contributed by atoms with Gasteiger partial charge in [0.05, 0.1) is 6.20 Å². The molecule has 0 saturated heterocycles. The lowest BCUT2D eigenvalue weighted by Crippen LogP contribution is -1.93. The number of ether oxygens (including phenoxy) is 1. The van der Waals surface area contributed by atoms with Crippen molar-refractivity contribution in [1.82, 2.24) is 9.97 Å². The number of rotatable bonds is 2. The van der Waals surface area contributed by atoms with Crippen molar-refractivity contribution in [3.05, 3.63) is 42.2 Å². The van der Waals surface area contributed by atoms with Gasteiger partial charge in [-0.05, 0) is 24.6 Å². The van der Waals surface area contributed by atoms with Crippen LogP contribution in [0.1, 0.15) is 5.56 Å². The zero-order valence-electron chi connectivity index (χ0n) is 8.34. The van der Waals surface area contributed by atoms with E-state index in [-0.39, 0.29) is 0 Å². The number of pyridine rings is 2. The Bertz CT molecular complexity index is 427. The molecule has 4 nitrogen and oxygen atoms in total. The van der Waals surface area contributed by atoms with Crippen LogP contribution in [-0.2, 0) is 0 Å². The molecule has 76 valence electrons. The van der Waals surface area contributed by atoms with Crippen LogP contribution in [0, 0.1) is 6.92 Å². The molecule has 2 rings (SSSR count). The van der Waals surface area contributed by atoms with Crippen LogP contribution in [-0.4, -0.2) is 9.97 Å². The molecule has 2 aromatic heterocycles. The molecule has 2 aromatic rings. The van der Waals surface area contributed by atoms with Crippen LogP contribution < -0.4 is 10.5 Å². The topological polar surface area (TPSA) is 61.0 Å². The summed E-state index contributed by atoms with van der Waals surface area (Å²) in [6.45, 7) is 1.95. The maximum absolute atomic E-state index is 5.54. The minimum atomic E-state index is 0.438. The third-order valence-electron chi connectivity index (χ3n) is 1.82. The van der Waals surface area contributed by atoms with Gasteiger partial charge in [-0.25, -0.2) is 0 Å². The largest absolute Gasteiger partial charge is 0.437 e. The molecule has 4 heteroatoms. The summed E-state index contributed by atoms with van der Waals surface area (Å²) in [4.78, 5) is 8.04. The number of hydrogen-bond acceptors (Lipinski definition) is 4. The molecule has 15 heavy (non-hydrogen) atoms. The van der Waals surface area contributed by atoms with Crippen molar-refractivity contribution in [3.8, 4) is 11.6 Å². The quantitative estimate of drug-likeness (QED) is 0.808. The van der Waals surface area contributed by atoms with E-state index in [0.717, 1.165) is 5.56 Å². The summed E-state index contributed by atoms with van der Waals surface area (Å²) in [6, 6.07) is 7.14. The van der Waals surface area contributed by atoms with E-state index < -0.39 is 0 Å². The highest BCUT2D eigenvalue weighted by Crippen LogP contribution is 2.19. The van der Waals surface area contributed by atoms with Gasteiger partial charge in [0.15, 0.2) is 0 Å². The summed E-state index contributed by atoms with van der Waals surface area (Å²) in [7, 11) is 0. The van der Waals surface area contributed by atoms with E-state index in [0.29, 0.717) is 17.4 Å². The zero-order chi connectivity index (χ0) is 10.7. The fourth-order valence-electron chi connectivity index (χ4n) is 1.19. The summed E-state index contributed by atoms with van der Waals surface area (Å²) in [5.41, 5.74) is 6.57. The number of anilines is 1. The van der Waals surface area contributed by atoms with Gasteiger partial charge in [-0.15, -0.1) is 0 Å². The normalized spacial score (nSPS) is 9.93. The molecular formula is C11H11N3O. The van der Waals surface area contributed by atoms with Crippen LogP contribution in [0.15, 0.2) is 36.7 Å². The van der Waals surface area contributed by atoms with Crippen molar-refractivity contribution in [2.45, 2.75) is 6.92 Å². The first kappa shape index (κ1) is 9.45. The Morgan fingerprint density at radius 2 is 2.13 bits per heavy atom. The highest BCUT2D eigenvalue weighted by atomic mass is 16.5. The SMILES string of the molecule is Cc1cncc(Oc2cccc(N)n2)c1. The molecule has 0 aromatic carbocycles. The molecule has 0 unspecified atom stereocenters. The van der Waals surface area contributed by atoms with Crippen LogP contribution >= 0.6 is 0 Å². The molecule has 0 aliphatic heterocycles. The third-order valence-corrected chi connectivity index (χ3v) is 1.82. The lowest BCUT2D eigenvalue weighted by Gasteiger charge is -2.04. The second kappa shape index (κ2) is 3.96. The smallest absolute Gasteiger partial charge is 0.221 e. The van der Waals surface area contributed by atoms with Crippen LogP contribution in [0.4, 0.5) is 5.82 Å². The summed E-state index contributed by atoms with van der Waals surface area (Å²) in [5, 5.41) is 0. The van der Waals surface area contributed by atoms with Crippen LogP contribution in [0.5, 0.6) is 11.6 Å². The highest BCUT2D eigenvalue weighted by Gasteiger charge is 1.99. The molecule has 0 radical (unpaired) electrons. The van der Waals surface area contributed by atoms with E-state index in [1.54, 1.807) is 30.6 Å². The van der Waals surface area contributed by atoms with Gasteiger partial charge in [0, 0.05) is 12.3 Å². The van der Waals surface area contributed by atoms with E-state index in [1.807, 2.05) is 13.0 Å². The molecule has 0 amide bonds. The predicted octanol–water partition coefficient (Wildman–Crippen LogP) is 2.16. The van der Waals surface area contributed by atoms with Crippen molar-refractivity contribution in [2.75, 3.05) is 5.73 Å². The summed E-state index contributed by atoms with van der Waals surface area (Å²) in [6.07, 6.45) is 3.40. The summed E-state index contributed by atoms with van der Waals surface area (Å²) < 4.78 is 5.49.